The van der Waals surface area contributed by atoms with Crippen molar-refractivity contribution in [2.75, 3.05) is 40.1 Å². The zero-order chi connectivity index (χ0) is 13.9. The molecule has 1 heterocycles. The molecule has 0 saturated heterocycles. The lowest BCUT2D eigenvalue weighted by Gasteiger charge is -2.06. The van der Waals surface area contributed by atoms with Crippen LogP contribution in [0.15, 0.2) is 0 Å². The summed E-state index contributed by atoms with van der Waals surface area (Å²) in [5.41, 5.74) is 0. The molecule has 0 amide bonds. The van der Waals surface area contributed by atoms with Crippen LogP contribution in [0.3, 0.4) is 0 Å². The standard InChI is InChI=1S/C11H18ClN3O4/c1-3-18-10-13-9(12)14-11(15-10)19-6-4-5-17-8-7-16-2/h3-8H2,1-2H3. The summed E-state index contributed by atoms with van der Waals surface area (Å²) >= 11 is 5.72. The number of halogens is 1. The summed E-state index contributed by atoms with van der Waals surface area (Å²) in [6, 6.07) is 0.314. The van der Waals surface area contributed by atoms with Gasteiger partial charge in [0.2, 0.25) is 5.28 Å². The number of aromatic nitrogens is 3. The Bertz CT molecular complexity index is 368. The van der Waals surface area contributed by atoms with Gasteiger partial charge in [-0.2, -0.15) is 9.97 Å². The van der Waals surface area contributed by atoms with Crippen LogP contribution in [0.25, 0.3) is 0 Å². The number of nitrogens with zero attached hydrogens (tertiary/aromatic N) is 3. The topological polar surface area (TPSA) is 75.6 Å². The van der Waals surface area contributed by atoms with E-state index in [9.17, 15) is 0 Å². The maximum Gasteiger partial charge on any atom is 0.323 e. The summed E-state index contributed by atoms with van der Waals surface area (Å²) in [4.78, 5) is 11.6. The molecule has 0 aliphatic heterocycles. The lowest BCUT2D eigenvalue weighted by molar-refractivity contribution is 0.0638. The molecule has 0 N–H and O–H groups in total. The van der Waals surface area contributed by atoms with Crippen LogP contribution < -0.4 is 9.47 Å². The molecule has 19 heavy (non-hydrogen) atoms. The Hall–Kier alpha value is -1.18. The van der Waals surface area contributed by atoms with Crippen molar-refractivity contribution in [3.05, 3.63) is 5.28 Å². The summed E-state index contributed by atoms with van der Waals surface area (Å²) in [6.45, 7) is 4.45. The molecular weight excluding hydrogens is 274 g/mol. The molecule has 0 aromatic carbocycles. The first-order valence-corrected chi connectivity index (χ1v) is 6.38. The third-order valence-electron chi connectivity index (χ3n) is 1.94. The second-order valence-electron chi connectivity index (χ2n) is 3.41. The molecule has 0 unspecified atom stereocenters. The van der Waals surface area contributed by atoms with Gasteiger partial charge in [-0.05, 0) is 18.5 Å². The first-order valence-electron chi connectivity index (χ1n) is 6.00. The van der Waals surface area contributed by atoms with Crippen LogP contribution >= 0.6 is 11.6 Å². The SMILES string of the molecule is CCOc1nc(Cl)nc(OCCCOCCOC)n1. The van der Waals surface area contributed by atoms with Gasteiger partial charge in [-0.25, -0.2) is 0 Å². The Morgan fingerprint density at radius 2 is 1.68 bits per heavy atom. The van der Waals surface area contributed by atoms with E-state index in [0.29, 0.717) is 33.0 Å². The van der Waals surface area contributed by atoms with E-state index in [0.717, 1.165) is 6.42 Å². The number of hydrogen-bond acceptors (Lipinski definition) is 7. The summed E-state index contributed by atoms with van der Waals surface area (Å²) in [5.74, 6) is 0. The van der Waals surface area contributed by atoms with Gasteiger partial charge in [0.25, 0.3) is 0 Å². The van der Waals surface area contributed by atoms with E-state index >= 15 is 0 Å². The van der Waals surface area contributed by atoms with Crippen molar-refractivity contribution in [1.82, 2.24) is 15.0 Å². The van der Waals surface area contributed by atoms with Gasteiger partial charge in [-0.3, -0.25) is 0 Å². The van der Waals surface area contributed by atoms with Gasteiger partial charge in [0.05, 0.1) is 26.4 Å². The monoisotopic (exact) mass is 291 g/mol. The first kappa shape index (κ1) is 15.9. The van der Waals surface area contributed by atoms with Crippen molar-refractivity contribution in [1.29, 1.82) is 0 Å². The fourth-order valence-electron chi connectivity index (χ4n) is 1.14. The van der Waals surface area contributed by atoms with Crippen LogP contribution in [-0.4, -0.2) is 55.1 Å². The zero-order valence-electron chi connectivity index (χ0n) is 11.1. The van der Waals surface area contributed by atoms with Crippen molar-refractivity contribution in [3.63, 3.8) is 0 Å². The van der Waals surface area contributed by atoms with Gasteiger partial charge < -0.3 is 18.9 Å². The lowest BCUT2D eigenvalue weighted by Crippen LogP contribution is -2.09. The predicted octanol–water partition coefficient (Wildman–Crippen LogP) is 1.36. The highest BCUT2D eigenvalue weighted by atomic mass is 35.5. The Balaban J connectivity index is 2.25. The highest BCUT2D eigenvalue weighted by molar-refractivity contribution is 6.28. The number of hydrogen-bond donors (Lipinski definition) is 0. The first-order chi connectivity index (χ1) is 9.26. The molecule has 1 rings (SSSR count). The van der Waals surface area contributed by atoms with Crippen molar-refractivity contribution in [2.45, 2.75) is 13.3 Å². The van der Waals surface area contributed by atoms with Gasteiger partial charge in [-0.1, -0.05) is 0 Å². The fraction of sp³-hybridized carbons (Fsp3) is 0.727. The molecule has 0 aliphatic carbocycles. The molecule has 0 spiro atoms. The molecule has 0 bridgehead atoms. The number of ether oxygens (including phenoxy) is 4. The van der Waals surface area contributed by atoms with E-state index in [-0.39, 0.29) is 17.3 Å². The average molecular weight is 292 g/mol. The van der Waals surface area contributed by atoms with Gasteiger partial charge >= 0.3 is 12.0 Å². The van der Waals surface area contributed by atoms with Gasteiger partial charge in [-0.15, -0.1) is 4.98 Å². The molecule has 0 aliphatic rings. The van der Waals surface area contributed by atoms with E-state index in [4.69, 9.17) is 30.5 Å². The van der Waals surface area contributed by atoms with Crippen LogP contribution in [0.2, 0.25) is 5.28 Å². The maximum absolute atomic E-state index is 5.72. The summed E-state index contributed by atoms with van der Waals surface area (Å²) in [7, 11) is 1.63. The van der Waals surface area contributed by atoms with E-state index in [1.54, 1.807) is 7.11 Å². The summed E-state index contributed by atoms with van der Waals surface area (Å²) in [5, 5.41) is 0.0461. The fourth-order valence-corrected chi connectivity index (χ4v) is 1.29. The van der Waals surface area contributed by atoms with Crippen LogP contribution in [-0.2, 0) is 9.47 Å². The van der Waals surface area contributed by atoms with Crippen molar-refractivity contribution >= 4 is 11.6 Å². The smallest absolute Gasteiger partial charge is 0.323 e. The molecule has 108 valence electrons. The summed E-state index contributed by atoms with van der Waals surface area (Å²) < 4.78 is 20.6. The van der Waals surface area contributed by atoms with Gasteiger partial charge in [0.15, 0.2) is 0 Å². The van der Waals surface area contributed by atoms with Crippen LogP contribution in [0.5, 0.6) is 12.0 Å². The Labute approximate surface area is 117 Å². The van der Waals surface area contributed by atoms with Gasteiger partial charge in [0, 0.05) is 20.1 Å². The normalized spacial score (nSPS) is 10.5. The number of methoxy groups -OCH3 is 1. The van der Waals surface area contributed by atoms with Crippen molar-refractivity contribution in [3.8, 4) is 12.0 Å². The van der Waals surface area contributed by atoms with Crippen LogP contribution in [0.4, 0.5) is 0 Å². The molecule has 0 atom stereocenters. The van der Waals surface area contributed by atoms with E-state index in [2.05, 4.69) is 15.0 Å². The quantitative estimate of drug-likeness (QED) is 0.602. The van der Waals surface area contributed by atoms with Crippen molar-refractivity contribution in [2.24, 2.45) is 0 Å². The Morgan fingerprint density at radius 1 is 0.947 bits per heavy atom. The lowest BCUT2D eigenvalue weighted by atomic mass is 10.5. The molecule has 8 heteroatoms. The third-order valence-corrected chi connectivity index (χ3v) is 2.11. The third kappa shape index (κ3) is 7.09. The molecule has 7 nitrogen and oxygen atoms in total. The highest BCUT2D eigenvalue weighted by Gasteiger charge is 2.06. The predicted molar refractivity (Wildman–Crippen MR) is 68.8 cm³/mol. The van der Waals surface area contributed by atoms with Crippen molar-refractivity contribution < 1.29 is 18.9 Å². The van der Waals surface area contributed by atoms with Gasteiger partial charge in [0.1, 0.15) is 0 Å². The minimum atomic E-state index is 0.0461. The summed E-state index contributed by atoms with van der Waals surface area (Å²) in [6.07, 6.45) is 0.719. The van der Waals surface area contributed by atoms with E-state index < -0.39 is 0 Å². The minimum Gasteiger partial charge on any atom is -0.464 e. The van der Waals surface area contributed by atoms with Crippen LogP contribution in [0.1, 0.15) is 13.3 Å². The van der Waals surface area contributed by atoms with Crippen LogP contribution in [0, 0.1) is 0 Å². The molecule has 1 aromatic heterocycles. The zero-order valence-corrected chi connectivity index (χ0v) is 11.9. The van der Waals surface area contributed by atoms with E-state index in [1.807, 2.05) is 6.92 Å². The second-order valence-corrected chi connectivity index (χ2v) is 3.75. The average Bonchev–Trinajstić information content (AvgIpc) is 2.37. The van der Waals surface area contributed by atoms with E-state index in [1.165, 1.54) is 0 Å². The molecule has 0 fully saturated rings. The largest absolute Gasteiger partial charge is 0.464 e. The Morgan fingerprint density at radius 3 is 2.37 bits per heavy atom. The molecule has 0 radical (unpaired) electrons. The molecule has 1 aromatic rings. The maximum atomic E-state index is 5.72. The minimum absolute atomic E-state index is 0.0461. The number of rotatable bonds is 10. The second kappa shape index (κ2) is 9.71. The molecule has 0 saturated carbocycles. The highest BCUT2D eigenvalue weighted by Crippen LogP contribution is 2.12. The molecular formula is C11H18ClN3O4. The Kier molecular flexibility index (Phi) is 8.11.